The SMILES string of the molecule is CNCC(c1ccccc1)N(C)CC(C)(C)C. The van der Waals surface area contributed by atoms with E-state index in [0.29, 0.717) is 11.5 Å². The van der Waals surface area contributed by atoms with E-state index in [1.807, 2.05) is 7.05 Å². The molecule has 1 aromatic carbocycles. The van der Waals surface area contributed by atoms with Crippen LogP contribution in [0.1, 0.15) is 32.4 Å². The summed E-state index contributed by atoms with van der Waals surface area (Å²) in [7, 11) is 4.22. The monoisotopic (exact) mass is 234 g/mol. The van der Waals surface area contributed by atoms with Gasteiger partial charge in [0.25, 0.3) is 0 Å². The number of hydrogen-bond acceptors (Lipinski definition) is 2. The molecule has 1 unspecified atom stereocenters. The minimum absolute atomic E-state index is 0.329. The van der Waals surface area contributed by atoms with Crippen LogP contribution >= 0.6 is 0 Å². The van der Waals surface area contributed by atoms with E-state index in [1.54, 1.807) is 0 Å². The van der Waals surface area contributed by atoms with E-state index in [-0.39, 0.29) is 0 Å². The van der Waals surface area contributed by atoms with Crippen molar-refractivity contribution >= 4 is 0 Å². The van der Waals surface area contributed by atoms with E-state index in [9.17, 15) is 0 Å². The summed E-state index contributed by atoms with van der Waals surface area (Å²) < 4.78 is 0. The lowest BCUT2D eigenvalue weighted by Crippen LogP contribution is -2.37. The van der Waals surface area contributed by atoms with Crippen LogP contribution < -0.4 is 5.32 Å². The molecule has 0 fully saturated rings. The zero-order valence-electron chi connectivity index (χ0n) is 11.8. The summed E-state index contributed by atoms with van der Waals surface area (Å²) in [5.74, 6) is 0. The van der Waals surface area contributed by atoms with Crippen LogP contribution in [0, 0.1) is 5.41 Å². The Bertz CT molecular complexity index is 313. The minimum atomic E-state index is 0.329. The Hall–Kier alpha value is -0.860. The maximum atomic E-state index is 3.29. The third kappa shape index (κ3) is 4.88. The van der Waals surface area contributed by atoms with Gasteiger partial charge < -0.3 is 5.32 Å². The van der Waals surface area contributed by atoms with Gasteiger partial charge in [-0.05, 0) is 25.1 Å². The Morgan fingerprint density at radius 2 is 1.76 bits per heavy atom. The fourth-order valence-corrected chi connectivity index (χ4v) is 2.26. The van der Waals surface area contributed by atoms with Gasteiger partial charge in [-0.2, -0.15) is 0 Å². The van der Waals surface area contributed by atoms with Crippen molar-refractivity contribution in [2.75, 3.05) is 27.2 Å². The van der Waals surface area contributed by atoms with Gasteiger partial charge in [-0.15, -0.1) is 0 Å². The molecule has 1 rings (SSSR count). The molecule has 0 aliphatic rings. The number of benzene rings is 1. The van der Waals surface area contributed by atoms with Crippen molar-refractivity contribution in [3.63, 3.8) is 0 Å². The first-order valence-corrected chi connectivity index (χ1v) is 6.34. The summed E-state index contributed by atoms with van der Waals surface area (Å²) in [6.45, 7) is 8.92. The van der Waals surface area contributed by atoms with Gasteiger partial charge in [0.15, 0.2) is 0 Å². The maximum absolute atomic E-state index is 3.29. The Labute approximate surface area is 106 Å². The highest BCUT2D eigenvalue weighted by Gasteiger charge is 2.21. The molecule has 1 N–H and O–H groups in total. The highest BCUT2D eigenvalue weighted by Crippen LogP contribution is 2.23. The number of nitrogens with zero attached hydrogens (tertiary/aromatic N) is 1. The van der Waals surface area contributed by atoms with Crippen LogP contribution in [0.15, 0.2) is 30.3 Å². The number of likely N-dealkylation sites (N-methyl/N-ethyl adjacent to an activating group) is 2. The first-order valence-electron chi connectivity index (χ1n) is 6.34. The predicted octanol–water partition coefficient (Wildman–Crippen LogP) is 2.93. The molecular weight excluding hydrogens is 208 g/mol. The molecule has 1 aromatic rings. The van der Waals surface area contributed by atoms with Gasteiger partial charge in [-0.25, -0.2) is 0 Å². The highest BCUT2D eigenvalue weighted by atomic mass is 15.2. The van der Waals surface area contributed by atoms with Gasteiger partial charge in [0.05, 0.1) is 0 Å². The molecule has 0 heterocycles. The molecule has 2 heteroatoms. The van der Waals surface area contributed by atoms with Gasteiger partial charge in [-0.1, -0.05) is 51.1 Å². The van der Waals surface area contributed by atoms with Crippen LogP contribution in [0.2, 0.25) is 0 Å². The van der Waals surface area contributed by atoms with E-state index in [4.69, 9.17) is 0 Å². The summed E-state index contributed by atoms with van der Waals surface area (Å²) >= 11 is 0. The van der Waals surface area contributed by atoms with Gasteiger partial charge in [0, 0.05) is 19.1 Å². The second kappa shape index (κ2) is 6.18. The van der Waals surface area contributed by atoms with Crippen molar-refractivity contribution in [3.8, 4) is 0 Å². The first kappa shape index (κ1) is 14.2. The van der Waals surface area contributed by atoms with Crippen LogP contribution in [-0.2, 0) is 0 Å². The standard InChI is InChI=1S/C15H26N2/c1-15(2,3)12-17(5)14(11-16-4)13-9-7-6-8-10-13/h6-10,14,16H,11-12H2,1-5H3. The van der Waals surface area contributed by atoms with E-state index < -0.39 is 0 Å². The Morgan fingerprint density at radius 3 is 2.24 bits per heavy atom. The summed E-state index contributed by atoms with van der Waals surface area (Å²) in [5, 5.41) is 3.29. The Morgan fingerprint density at radius 1 is 1.18 bits per heavy atom. The highest BCUT2D eigenvalue weighted by molar-refractivity contribution is 5.19. The molecule has 0 radical (unpaired) electrons. The van der Waals surface area contributed by atoms with Crippen LogP contribution in [0.4, 0.5) is 0 Å². The molecule has 0 aliphatic heterocycles. The van der Waals surface area contributed by atoms with E-state index in [1.165, 1.54) is 5.56 Å². The molecule has 2 nitrogen and oxygen atoms in total. The molecule has 1 atom stereocenters. The number of hydrogen-bond donors (Lipinski definition) is 1. The molecule has 96 valence electrons. The molecule has 0 saturated carbocycles. The molecule has 0 bridgehead atoms. The quantitative estimate of drug-likeness (QED) is 0.842. The van der Waals surface area contributed by atoms with E-state index >= 15 is 0 Å². The van der Waals surface area contributed by atoms with Crippen molar-refractivity contribution in [2.45, 2.75) is 26.8 Å². The third-order valence-electron chi connectivity index (χ3n) is 2.84. The maximum Gasteiger partial charge on any atom is 0.0469 e. The Kier molecular flexibility index (Phi) is 5.16. The number of rotatable bonds is 5. The van der Waals surface area contributed by atoms with Gasteiger partial charge in [0.1, 0.15) is 0 Å². The van der Waals surface area contributed by atoms with Crippen LogP contribution in [0.3, 0.4) is 0 Å². The van der Waals surface area contributed by atoms with Crippen molar-refractivity contribution in [2.24, 2.45) is 5.41 Å². The molecule has 0 aromatic heterocycles. The van der Waals surface area contributed by atoms with Crippen LogP contribution in [-0.4, -0.2) is 32.1 Å². The lowest BCUT2D eigenvalue weighted by Gasteiger charge is -2.33. The lowest BCUT2D eigenvalue weighted by atomic mass is 9.94. The predicted molar refractivity (Wildman–Crippen MR) is 75.2 cm³/mol. The van der Waals surface area contributed by atoms with Crippen LogP contribution in [0.5, 0.6) is 0 Å². The first-order chi connectivity index (χ1) is 7.94. The Balaban J connectivity index is 2.79. The zero-order valence-corrected chi connectivity index (χ0v) is 11.8. The lowest BCUT2D eigenvalue weighted by molar-refractivity contribution is 0.171. The molecule has 0 amide bonds. The summed E-state index contributed by atoms with van der Waals surface area (Å²) in [6, 6.07) is 11.2. The van der Waals surface area contributed by atoms with Gasteiger partial charge in [0.2, 0.25) is 0 Å². The summed E-state index contributed by atoms with van der Waals surface area (Å²) in [5.41, 5.74) is 1.71. The molecule has 0 saturated heterocycles. The average Bonchev–Trinajstić information content (AvgIpc) is 2.24. The van der Waals surface area contributed by atoms with E-state index in [2.05, 4.69) is 68.4 Å². The van der Waals surface area contributed by atoms with Crippen molar-refractivity contribution in [1.29, 1.82) is 0 Å². The van der Waals surface area contributed by atoms with Crippen molar-refractivity contribution < 1.29 is 0 Å². The smallest absolute Gasteiger partial charge is 0.0469 e. The molecular formula is C15H26N2. The minimum Gasteiger partial charge on any atom is -0.318 e. The summed E-state index contributed by atoms with van der Waals surface area (Å²) in [6.07, 6.45) is 0. The summed E-state index contributed by atoms with van der Waals surface area (Å²) in [4.78, 5) is 2.44. The normalized spacial score (nSPS) is 14.0. The molecule has 17 heavy (non-hydrogen) atoms. The van der Waals surface area contributed by atoms with Gasteiger partial charge in [-0.3, -0.25) is 4.90 Å². The topological polar surface area (TPSA) is 15.3 Å². The van der Waals surface area contributed by atoms with Gasteiger partial charge >= 0.3 is 0 Å². The largest absolute Gasteiger partial charge is 0.318 e. The molecule has 0 aliphatic carbocycles. The van der Waals surface area contributed by atoms with Crippen molar-refractivity contribution in [3.05, 3.63) is 35.9 Å². The second-order valence-corrected chi connectivity index (χ2v) is 5.96. The molecule has 0 spiro atoms. The number of nitrogens with one attached hydrogen (secondary N) is 1. The van der Waals surface area contributed by atoms with Crippen LogP contribution in [0.25, 0.3) is 0 Å². The van der Waals surface area contributed by atoms with Crippen molar-refractivity contribution in [1.82, 2.24) is 10.2 Å². The fraction of sp³-hybridized carbons (Fsp3) is 0.600. The van der Waals surface area contributed by atoms with E-state index in [0.717, 1.165) is 13.1 Å². The fourth-order valence-electron chi connectivity index (χ4n) is 2.26. The zero-order chi connectivity index (χ0) is 12.9. The average molecular weight is 234 g/mol. The second-order valence-electron chi connectivity index (χ2n) is 5.96. The third-order valence-corrected chi connectivity index (χ3v) is 2.84.